The number of para-hydroxylation sites is 1. The number of nitrogens with two attached hydrogens (primary N) is 1. The minimum Gasteiger partial charge on any atom is -0.459 e. The number of hydrogen-bond acceptors (Lipinski definition) is 7. The summed E-state index contributed by atoms with van der Waals surface area (Å²) in [6.07, 6.45) is -0.480. The Morgan fingerprint density at radius 3 is 2.37 bits per heavy atom. The number of fused-ring (bicyclic) bond motifs is 2. The molecule has 30 heavy (non-hydrogen) atoms. The van der Waals surface area contributed by atoms with Crippen molar-refractivity contribution in [1.29, 1.82) is 0 Å². The van der Waals surface area contributed by atoms with Gasteiger partial charge in [0.2, 0.25) is 11.8 Å². The van der Waals surface area contributed by atoms with E-state index < -0.39 is 35.0 Å². The second-order valence-electron chi connectivity index (χ2n) is 8.50. The largest absolute Gasteiger partial charge is 0.459 e. The second kappa shape index (κ2) is 7.19. The molecule has 3 N–H and O–H groups in total. The Kier molecular flexibility index (Phi) is 5.14. The van der Waals surface area contributed by atoms with Crippen LogP contribution in [0.2, 0.25) is 0 Å². The van der Waals surface area contributed by atoms with Crippen LogP contribution in [0.25, 0.3) is 0 Å². The van der Waals surface area contributed by atoms with Gasteiger partial charge in [0.15, 0.2) is 0 Å². The van der Waals surface area contributed by atoms with Crippen molar-refractivity contribution >= 4 is 17.8 Å². The Labute approximate surface area is 175 Å². The van der Waals surface area contributed by atoms with Crippen molar-refractivity contribution in [3.8, 4) is 5.75 Å². The van der Waals surface area contributed by atoms with Crippen LogP contribution in [0, 0.1) is 0 Å². The molecular weight excluding hydrogens is 388 g/mol. The van der Waals surface area contributed by atoms with E-state index in [9.17, 15) is 14.4 Å². The Bertz CT molecular complexity index is 999. The maximum atomic E-state index is 13.4. The highest BCUT2D eigenvalue weighted by Gasteiger charge is 2.62. The monoisotopic (exact) mass is 414 g/mol. The summed E-state index contributed by atoms with van der Waals surface area (Å²) in [5.74, 6) is -2.22. The smallest absolute Gasteiger partial charge is 0.341 e. The first kappa shape index (κ1) is 21.4. The molecule has 0 saturated carbocycles. The molecule has 8 heteroatoms. The topological polar surface area (TPSA) is 117 Å². The van der Waals surface area contributed by atoms with Crippen molar-refractivity contribution < 1.29 is 28.6 Å². The molecule has 0 aliphatic carbocycles. The van der Waals surface area contributed by atoms with Gasteiger partial charge in [-0.05, 0) is 47.6 Å². The summed E-state index contributed by atoms with van der Waals surface area (Å²) in [5, 5.41) is 2.68. The van der Waals surface area contributed by atoms with E-state index in [2.05, 4.69) is 5.32 Å². The van der Waals surface area contributed by atoms with Crippen molar-refractivity contribution in [3.63, 3.8) is 0 Å². The molecule has 160 valence electrons. The lowest BCUT2D eigenvalue weighted by Crippen LogP contribution is -2.49. The number of ether oxygens (including phenoxy) is 3. The number of benzene rings is 1. The summed E-state index contributed by atoms with van der Waals surface area (Å²) in [6.45, 7) is 10.1. The maximum absolute atomic E-state index is 13.4. The lowest BCUT2D eigenvalue weighted by molar-refractivity contribution is -0.151. The van der Waals surface area contributed by atoms with Crippen LogP contribution in [-0.4, -0.2) is 29.6 Å². The molecule has 0 unspecified atom stereocenters. The quantitative estimate of drug-likeness (QED) is 0.728. The molecule has 0 saturated heterocycles. The molecule has 0 radical (unpaired) electrons. The fourth-order valence-electron chi connectivity index (χ4n) is 3.73. The summed E-state index contributed by atoms with van der Waals surface area (Å²) >= 11 is 0. The van der Waals surface area contributed by atoms with E-state index in [0.717, 1.165) is 0 Å². The molecular formula is C22H26N2O6. The van der Waals surface area contributed by atoms with Gasteiger partial charge in [-0.25, -0.2) is 9.59 Å². The number of esters is 2. The Balaban J connectivity index is 2.33. The van der Waals surface area contributed by atoms with Gasteiger partial charge in [0, 0.05) is 11.3 Å². The summed E-state index contributed by atoms with van der Waals surface area (Å²) in [4.78, 5) is 39.8. The lowest BCUT2D eigenvalue weighted by Gasteiger charge is -2.36. The summed E-state index contributed by atoms with van der Waals surface area (Å²) in [6, 6.07) is 6.62. The minimum absolute atomic E-state index is 0.0168. The Morgan fingerprint density at radius 1 is 1.13 bits per heavy atom. The number of carbonyl (C=O) groups is 3. The zero-order chi connectivity index (χ0) is 22.4. The van der Waals surface area contributed by atoms with Gasteiger partial charge in [0.25, 0.3) is 0 Å². The van der Waals surface area contributed by atoms with Crippen molar-refractivity contribution in [3.05, 3.63) is 52.6 Å². The van der Waals surface area contributed by atoms with E-state index in [0.29, 0.717) is 5.56 Å². The standard InChI is InChI=1S/C22H26N2O6/c1-11(2)28-18(25)16-17(23)29-14-10-8-7-9-13(14)22(16)15(12(3)24-20(22)27)19(26)30-21(4,5)6/h7-11H,23H2,1-6H3,(H,24,27)/t22-/m0/s1. The van der Waals surface area contributed by atoms with Crippen LogP contribution in [0.3, 0.4) is 0 Å². The van der Waals surface area contributed by atoms with Crippen molar-refractivity contribution in [2.45, 2.75) is 58.7 Å². The van der Waals surface area contributed by atoms with Gasteiger partial charge in [-0.1, -0.05) is 18.2 Å². The molecule has 1 spiro atoms. The van der Waals surface area contributed by atoms with Gasteiger partial charge in [-0.2, -0.15) is 0 Å². The van der Waals surface area contributed by atoms with E-state index in [1.54, 1.807) is 65.8 Å². The number of rotatable bonds is 3. The predicted molar refractivity (Wildman–Crippen MR) is 108 cm³/mol. The first-order valence-corrected chi connectivity index (χ1v) is 9.64. The first-order valence-electron chi connectivity index (χ1n) is 9.64. The number of amides is 1. The fourth-order valence-corrected chi connectivity index (χ4v) is 3.73. The maximum Gasteiger partial charge on any atom is 0.341 e. The van der Waals surface area contributed by atoms with Gasteiger partial charge in [0.1, 0.15) is 22.3 Å². The van der Waals surface area contributed by atoms with Crippen LogP contribution >= 0.6 is 0 Å². The van der Waals surface area contributed by atoms with E-state index >= 15 is 0 Å². The van der Waals surface area contributed by atoms with Crippen molar-refractivity contribution in [1.82, 2.24) is 5.32 Å². The Morgan fingerprint density at radius 2 is 1.77 bits per heavy atom. The van der Waals surface area contributed by atoms with Crippen LogP contribution in [-0.2, 0) is 29.3 Å². The average molecular weight is 414 g/mol. The summed E-state index contributed by atoms with van der Waals surface area (Å²) in [5.41, 5.74) is 3.77. The van der Waals surface area contributed by atoms with E-state index in [4.69, 9.17) is 19.9 Å². The van der Waals surface area contributed by atoms with Gasteiger partial charge in [-0.3, -0.25) is 4.79 Å². The van der Waals surface area contributed by atoms with E-state index in [1.807, 2.05) is 0 Å². The lowest BCUT2D eigenvalue weighted by atomic mass is 9.67. The zero-order valence-corrected chi connectivity index (χ0v) is 17.9. The van der Waals surface area contributed by atoms with E-state index in [1.165, 1.54) is 0 Å². The van der Waals surface area contributed by atoms with Gasteiger partial charge in [-0.15, -0.1) is 0 Å². The Hall–Kier alpha value is -3.29. The highest BCUT2D eigenvalue weighted by Crippen LogP contribution is 2.51. The molecule has 1 aromatic rings. The minimum atomic E-state index is -1.85. The molecule has 1 aromatic carbocycles. The van der Waals surface area contributed by atoms with E-state index in [-0.39, 0.29) is 28.5 Å². The number of allylic oxidation sites excluding steroid dienone is 1. The molecule has 1 atom stereocenters. The van der Waals surface area contributed by atoms with Crippen molar-refractivity contribution in [2.24, 2.45) is 5.73 Å². The molecule has 3 rings (SSSR count). The summed E-state index contributed by atoms with van der Waals surface area (Å²) in [7, 11) is 0. The van der Waals surface area contributed by atoms with Crippen LogP contribution in [0.1, 0.15) is 47.1 Å². The number of hydrogen-bond donors (Lipinski definition) is 2. The SMILES string of the molecule is CC1=C(C(=O)OC(C)(C)C)[C@]2(C(=O)N1)C(C(=O)OC(C)C)=C(N)Oc1ccccc12. The van der Waals surface area contributed by atoms with Gasteiger partial charge in [0.05, 0.1) is 11.7 Å². The third kappa shape index (κ3) is 3.32. The predicted octanol–water partition coefficient (Wildman–Crippen LogP) is 2.18. The second-order valence-corrected chi connectivity index (χ2v) is 8.50. The number of carbonyl (C=O) groups excluding carboxylic acids is 3. The molecule has 8 nitrogen and oxygen atoms in total. The van der Waals surface area contributed by atoms with Crippen LogP contribution in [0.15, 0.2) is 47.0 Å². The molecule has 1 amide bonds. The third-order valence-electron chi connectivity index (χ3n) is 4.67. The van der Waals surface area contributed by atoms with Gasteiger partial charge < -0.3 is 25.3 Å². The van der Waals surface area contributed by atoms with Crippen molar-refractivity contribution in [2.75, 3.05) is 0 Å². The molecule has 0 bridgehead atoms. The average Bonchev–Trinajstić information content (AvgIpc) is 2.83. The normalized spacial score (nSPS) is 20.8. The highest BCUT2D eigenvalue weighted by molar-refractivity contribution is 6.17. The first-order chi connectivity index (χ1) is 13.9. The van der Waals surface area contributed by atoms with Crippen LogP contribution in [0.5, 0.6) is 5.75 Å². The summed E-state index contributed by atoms with van der Waals surface area (Å²) < 4.78 is 16.6. The molecule has 2 aliphatic heterocycles. The van der Waals surface area contributed by atoms with Gasteiger partial charge >= 0.3 is 11.9 Å². The third-order valence-corrected chi connectivity index (χ3v) is 4.67. The molecule has 0 aromatic heterocycles. The molecule has 2 aliphatic rings. The number of nitrogens with one attached hydrogen (secondary N) is 1. The zero-order valence-electron chi connectivity index (χ0n) is 17.9. The highest BCUT2D eigenvalue weighted by atomic mass is 16.6. The van der Waals surface area contributed by atoms with Crippen LogP contribution in [0.4, 0.5) is 0 Å². The van der Waals surface area contributed by atoms with Crippen LogP contribution < -0.4 is 15.8 Å². The fraction of sp³-hybridized carbons (Fsp3) is 0.409. The molecule has 2 heterocycles. The molecule has 0 fully saturated rings.